The predicted molar refractivity (Wildman–Crippen MR) is 112 cm³/mol. The van der Waals surface area contributed by atoms with Gasteiger partial charge in [0.2, 0.25) is 0 Å². The summed E-state index contributed by atoms with van der Waals surface area (Å²) in [6.45, 7) is 16.6. The van der Waals surface area contributed by atoms with E-state index in [0.717, 1.165) is 32.5 Å². The summed E-state index contributed by atoms with van der Waals surface area (Å²) in [5, 5.41) is 0.200. The van der Waals surface area contributed by atoms with Crippen LogP contribution in [0.5, 0.6) is 0 Å². The number of hydrogen-bond donors (Lipinski definition) is 0. The van der Waals surface area contributed by atoms with Crippen LogP contribution in [0.25, 0.3) is 0 Å². The van der Waals surface area contributed by atoms with E-state index in [1.165, 1.54) is 5.56 Å². The van der Waals surface area contributed by atoms with Crippen LogP contribution in [-0.4, -0.2) is 51.9 Å². The SMILES string of the molecule is CC(C)(C)[Si](C)(C)OCC1(C2CCN(Cc3ccccc3)CC2)OCCO1. The van der Waals surface area contributed by atoms with E-state index in [1.54, 1.807) is 0 Å². The van der Waals surface area contributed by atoms with Gasteiger partial charge < -0.3 is 13.9 Å². The fourth-order valence-electron chi connectivity index (χ4n) is 3.78. The summed E-state index contributed by atoms with van der Waals surface area (Å²) >= 11 is 0. The van der Waals surface area contributed by atoms with E-state index in [9.17, 15) is 0 Å². The van der Waals surface area contributed by atoms with Crippen molar-refractivity contribution in [1.29, 1.82) is 0 Å². The molecule has 0 aromatic heterocycles. The van der Waals surface area contributed by atoms with Crippen molar-refractivity contribution in [3.05, 3.63) is 35.9 Å². The molecule has 0 N–H and O–H groups in total. The number of piperidine rings is 1. The topological polar surface area (TPSA) is 30.9 Å². The molecule has 2 fully saturated rings. The van der Waals surface area contributed by atoms with Gasteiger partial charge in [-0.15, -0.1) is 0 Å². The molecule has 2 aliphatic rings. The first-order valence-electron chi connectivity index (χ1n) is 10.4. The molecule has 5 heteroatoms. The van der Waals surface area contributed by atoms with Gasteiger partial charge in [-0.1, -0.05) is 51.1 Å². The molecule has 0 radical (unpaired) electrons. The Kier molecular flexibility index (Phi) is 6.48. The normalized spacial score (nSPS) is 22.3. The summed E-state index contributed by atoms with van der Waals surface area (Å²) in [6.07, 6.45) is 2.21. The van der Waals surface area contributed by atoms with Gasteiger partial charge in [0.15, 0.2) is 14.1 Å². The molecule has 0 spiro atoms. The van der Waals surface area contributed by atoms with Crippen molar-refractivity contribution >= 4 is 8.32 Å². The van der Waals surface area contributed by atoms with E-state index < -0.39 is 14.1 Å². The van der Waals surface area contributed by atoms with Crippen LogP contribution in [0, 0.1) is 5.92 Å². The first kappa shape index (κ1) is 21.0. The highest BCUT2D eigenvalue weighted by atomic mass is 28.4. The Morgan fingerprint density at radius 3 is 2.22 bits per heavy atom. The number of hydrogen-bond acceptors (Lipinski definition) is 4. The van der Waals surface area contributed by atoms with E-state index in [0.29, 0.717) is 25.7 Å². The number of ether oxygens (including phenoxy) is 2. The van der Waals surface area contributed by atoms with E-state index in [1.807, 2.05) is 0 Å². The summed E-state index contributed by atoms with van der Waals surface area (Å²) in [5.74, 6) is -0.120. The molecule has 4 nitrogen and oxygen atoms in total. The van der Waals surface area contributed by atoms with Gasteiger partial charge >= 0.3 is 0 Å². The lowest BCUT2D eigenvalue weighted by Crippen LogP contribution is -2.52. The first-order valence-corrected chi connectivity index (χ1v) is 13.3. The van der Waals surface area contributed by atoms with Gasteiger partial charge in [0.05, 0.1) is 19.8 Å². The van der Waals surface area contributed by atoms with Crippen molar-refractivity contribution in [3.8, 4) is 0 Å². The largest absolute Gasteiger partial charge is 0.411 e. The number of likely N-dealkylation sites (tertiary alicyclic amines) is 1. The van der Waals surface area contributed by atoms with Crippen LogP contribution in [-0.2, 0) is 20.4 Å². The van der Waals surface area contributed by atoms with Crippen molar-refractivity contribution < 1.29 is 13.9 Å². The molecule has 1 aromatic carbocycles. The zero-order valence-electron chi connectivity index (χ0n) is 17.8. The molecular weight excluding hydrogens is 354 g/mol. The van der Waals surface area contributed by atoms with Crippen LogP contribution >= 0.6 is 0 Å². The van der Waals surface area contributed by atoms with E-state index in [4.69, 9.17) is 13.9 Å². The van der Waals surface area contributed by atoms with Crippen molar-refractivity contribution in [3.63, 3.8) is 0 Å². The molecule has 0 bridgehead atoms. The van der Waals surface area contributed by atoms with Crippen LogP contribution < -0.4 is 0 Å². The highest BCUT2D eigenvalue weighted by Crippen LogP contribution is 2.41. The lowest BCUT2D eigenvalue weighted by atomic mass is 9.88. The minimum Gasteiger partial charge on any atom is -0.411 e. The quantitative estimate of drug-likeness (QED) is 0.660. The highest BCUT2D eigenvalue weighted by molar-refractivity contribution is 6.74. The summed E-state index contributed by atoms with van der Waals surface area (Å²) in [7, 11) is -1.82. The van der Waals surface area contributed by atoms with Crippen molar-refractivity contribution in [2.75, 3.05) is 32.9 Å². The van der Waals surface area contributed by atoms with Gasteiger partial charge in [0, 0.05) is 12.5 Å². The van der Waals surface area contributed by atoms with Gasteiger partial charge in [-0.05, 0) is 49.6 Å². The van der Waals surface area contributed by atoms with Crippen molar-refractivity contribution in [2.24, 2.45) is 5.92 Å². The van der Waals surface area contributed by atoms with Crippen molar-refractivity contribution in [2.45, 2.75) is 64.1 Å². The molecule has 0 amide bonds. The number of rotatable bonds is 6. The maximum absolute atomic E-state index is 6.53. The van der Waals surface area contributed by atoms with Gasteiger partial charge in [-0.3, -0.25) is 4.90 Å². The fourth-order valence-corrected chi connectivity index (χ4v) is 4.77. The second kappa shape index (κ2) is 8.33. The lowest BCUT2D eigenvalue weighted by molar-refractivity contribution is -0.222. The Balaban J connectivity index is 1.58. The Morgan fingerprint density at radius 2 is 1.67 bits per heavy atom. The van der Waals surface area contributed by atoms with Crippen LogP contribution in [0.4, 0.5) is 0 Å². The predicted octanol–water partition coefficient (Wildman–Crippen LogP) is 4.66. The van der Waals surface area contributed by atoms with Crippen LogP contribution in [0.2, 0.25) is 18.1 Å². The Bertz CT molecular complexity index is 585. The molecule has 2 aliphatic heterocycles. The van der Waals surface area contributed by atoms with E-state index in [-0.39, 0.29) is 5.04 Å². The molecule has 3 rings (SSSR count). The molecule has 0 saturated carbocycles. The van der Waals surface area contributed by atoms with E-state index in [2.05, 4.69) is 69.1 Å². The highest BCUT2D eigenvalue weighted by Gasteiger charge is 2.48. The Hall–Kier alpha value is -0.723. The Labute approximate surface area is 166 Å². The summed E-state index contributed by atoms with van der Waals surface area (Å²) in [6, 6.07) is 10.7. The molecule has 1 aromatic rings. The average molecular weight is 392 g/mol. The van der Waals surface area contributed by atoms with Crippen LogP contribution in [0.1, 0.15) is 39.2 Å². The minimum atomic E-state index is -1.82. The molecule has 0 aliphatic carbocycles. The molecule has 2 saturated heterocycles. The Morgan fingerprint density at radius 1 is 1.07 bits per heavy atom. The van der Waals surface area contributed by atoms with Gasteiger partial charge in [0.1, 0.15) is 0 Å². The van der Waals surface area contributed by atoms with Gasteiger partial charge in [-0.2, -0.15) is 0 Å². The third-order valence-electron chi connectivity index (χ3n) is 6.68. The standard InChI is InChI=1S/C22H37NO3Si/c1-21(2,3)27(4,5)26-18-22(24-15-16-25-22)20-11-13-23(14-12-20)17-19-9-7-6-8-10-19/h6-10,20H,11-18H2,1-5H3. The van der Waals surface area contributed by atoms with Gasteiger partial charge in [0.25, 0.3) is 0 Å². The molecular formula is C22H37NO3Si. The smallest absolute Gasteiger partial charge is 0.193 e. The van der Waals surface area contributed by atoms with Crippen LogP contribution in [0.3, 0.4) is 0 Å². The second-order valence-electron chi connectivity index (χ2n) is 9.59. The molecule has 0 atom stereocenters. The average Bonchev–Trinajstić information content (AvgIpc) is 3.11. The van der Waals surface area contributed by atoms with Crippen molar-refractivity contribution in [1.82, 2.24) is 4.90 Å². The number of nitrogens with zero attached hydrogens (tertiary/aromatic N) is 1. The minimum absolute atomic E-state index is 0.200. The van der Waals surface area contributed by atoms with Crippen LogP contribution in [0.15, 0.2) is 30.3 Å². The van der Waals surface area contributed by atoms with E-state index >= 15 is 0 Å². The molecule has 0 unspecified atom stereocenters. The molecule has 2 heterocycles. The molecule has 152 valence electrons. The van der Waals surface area contributed by atoms with Gasteiger partial charge in [-0.25, -0.2) is 0 Å². The summed E-state index contributed by atoms with van der Waals surface area (Å²) in [5.41, 5.74) is 1.39. The maximum atomic E-state index is 6.53. The monoisotopic (exact) mass is 391 g/mol. The number of benzene rings is 1. The zero-order valence-corrected chi connectivity index (χ0v) is 18.8. The third kappa shape index (κ3) is 5.01. The molecule has 27 heavy (non-hydrogen) atoms. The zero-order chi connectivity index (χ0) is 19.5. The fraction of sp³-hybridized carbons (Fsp3) is 0.727. The third-order valence-corrected chi connectivity index (χ3v) is 11.2. The maximum Gasteiger partial charge on any atom is 0.193 e. The first-order chi connectivity index (χ1) is 12.7. The summed E-state index contributed by atoms with van der Waals surface area (Å²) in [4.78, 5) is 2.54. The lowest BCUT2D eigenvalue weighted by Gasteiger charge is -2.44. The second-order valence-corrected chi connectivity index (χ2v) is 14.4. The summed E-state index contributed by atoms with van der Waals surface area (Å²) < 4.78 is 18.9.